The van der Waals surface area contributed by atoms with Gasteiger partial charge in [0.1, 0.15) is 23.8 Å². The Balaban J connectivity index is 2.21. The maximum Gasteiger partial charge on any atom is 0.323 e. The molecule has 0 saturated carbocycles. The summed E-state index contributed by atoms with van der Waals surface area (Å²) < 4.78 is 15.7. The van der Waals surface area contributed by atoms with E-state index in [9.17, 15) is 14.7 Å². The van der Waals surface area contributed by atoms with Crippen LogP contribution in [0.5, 0.6) is 11.5 Å². The summed E-state index contributed by atoms with van der Waals surface area (Å²) in [6.07, 6.45) is 0.150. The number of methoxy groups -OCH3 is 2. The number of carboxylic acid groups (broad SMARTS) is 1. The smallest absolute Gasteiger partial charge is 0.323 e. The Labute approximate surface area is 164 Å². The number of carboxylic acids is 1. The van der Waals surface area contributed by atoms with Crippen LogP contribution in [0, 0.1) is 13.8 Å². The standard InChI is InChI=1S/C20H26N2O6/c1-12(20-13(2)21-28-14(20)3)6-18(23)22(11-19(24)25)10-15-7-16(26-4)9-17(8-15)27-5/h7-9,12H,6,10-11H2,1-5H3,(H,24,25). The Morgan fingerprint density at radius 2 is 1.79 bits per heavy atom. The lowest BCUT2D eigenvalue weighted by molar-refractivity contribution is -0.145. The quantitative estimate of drug-likeness (QED) is 0.702. The number of rotatable bonds is 9. The van der Waals surface area contributed by atoms with Crippen LogP contribution in [0.4, 0.5) is 0 Å². The van der Waals surface area contributed by atoms with Gasteiger partial charge in [-0.15, -0.1) is 0 Å². The molecule has 1 aromatic heterocycles. The lowest BCUT2D eigenvalue weighted by Gasteiger charge is -2.23. The molecule has 0 aliphatic heterocycles. The Morgan fingerprint density at radius 3 is 2.25 bits per heavy atom. The van der Waals surface area contributed by atoms with E-state index in [0.717, 1.165) is 16.8 Å². The normalized spacial score (nSPS) is 11.8. The van der Waals surface area contributed by atoms with Gasteiger partial charge in [0.2, 0.25) is 5.91 Å². The fourth-order valence-corrected chi connectivity index (χ4v) is 3.26. The zero-order valence-corrected chi connectivity index (χ0v) is 16.8. The van der Waals surface area contributed by atoms with E-state index in [1.807, 2.05) is 13.8 Å². The number of amides is 1. The van der Waals surface area contributed by atoms with Crippen molar-refractivity contribution in [2.45, 2.75) is 39.7 Å². The van der Waals surface area contributed by atoms with Gasteiger partial charge >= 0.3 is 5.97 Å². The molecule has 1 atom stereocenters. The number of nitrogens with zero attached hydrogens (tertiary/aromatic N) is 2. The van der Waals surface area contributed by atoms with E-state index in [-0.39, 0.29) is 24.8 Å². The van der Waals surface area contributed by atoms with Gasteiger partial charge in [-0.2, -0.15) is 0 Å². The maximum atomic E-state index is 12.9. The number of aromatic nitrogens is 1. The summed E-state index contributed by atoms with van der Waals surface area (Å²) in [5.41, 5.74) is 2.34. The zero-order chi connectivity index (χ0) is 20.8. The zero-order valence-electron chi connectivity index (χ0n) is 16.8. The van der Waals surface area contributed by atoms with Crippen molar-refractivity contribution in [3.63, 3.8) is 0 Å². The van der Waals surface area contributed by atoms with E-state index in [2.05, 4.69) is 5.16 Å². The fraction of sp³-hybridized carbons (Fsp3) is 0.450. The van der Waals surface area contributed by atoms with Crippen LogP contribution in [0.25, 0.3) is 0 Å². The molecule has 152 valence electrons. The molecule has 0 aliphatic rings. The number of aryl methyl sites for hydroxylation is 2. The van der Waals surface area contributed by atoms with Crippen molar-refractivity contribution in [3.05, 3.63) is 40.8 Å². The van der Waals surface area contributed by atoms with Crippen molar-refractivity contribution in [3.8, 4) is 11.5 Å². The first-order chi connectivity index (χ1) is 13.2. The highest BCUT2D eigenvalue weighted by Crippen LogP contribution is 2.27. The summed E-state index contributed by atoms with van der Waals surface area (Å²) in [6.45, 7) is 5.26. The minimum atomic E-state index is -1.08. The van der Waals surface area contributed by atoms with Crippen molar-refractivity contribution >= 4 is 11.9 Å². The SMILES string of the molecule is COc1cc(CN(CC(=O)O)C(=O)CC(C)c2c(C)noc2C)cc(OC)c1. The van der Waals surface area contributed by atoms with Gasteiger partial charge in [-0.25, -0.2) is 0 Å². The third-order valence-corrected chi connectivity index (χ3v) is 4.53. The second-order valence-electron chi connectivity index (χ2n) is 6.71. The topological polar surface area (TPSA) is 102 Å². The molecule has 0 saturated heterocycles. The van der Waals surface area contributed by atoms with Gasteiger partial charge in [0.15, 0.2) is 0 Å². The molecule has 1 N–H and O–H groups in total. The van der Waals surface area contributed by atoms with Crippen LogP contribution in [-0.4, -0.2) is 47.8 Å². The third kappa shape index (κ3) is 5.25. The van der Waals surface area contributed by atoms with Gasteiger partial charge in [-0.05, 0) is 37.5 Å². The second-order valence-corrected chi connectivity index (χ2v) is 6.71. The van der Waals surface area contributed by atoms with Crippen LogP contribution in [0.15, 0.2) is 22.7 Å². The lowest BCUT2D eigenvalue weighted by Crippen LogP contribution is -2.35. The monoisotopic (exact) mass is 390 g/mol. The molecular weight excluding hydrogens is 364 g/mol. The van der Waals surface area contributed by atoms with E-state index in [0.29, 0.717) is 17.3 Å². The summed E-state index contributed by atoms with van der Waals surface area (Å²) in [5, 5.41) is 13.2. The number of carbonyl (C=O) groups is 2. The predicted octanol–water partition coefficient (Wildman–Crippen LogP) is 2.92. The molecule has 0 spiro atoms. The average molecular weight is 390 g/mol. The summed E-state index contributed by atoms with van der Waals surface area (Å²) in [6, 6.07) is 5.22. The molecule has 0 radical (unpaired) electrons. The predicted molar refractivity (Wildman–Crippen MR) is 102 cm³/mol. The van der Waals surface area contributed by atoms with Crippen LogP contribution in [0.1, 0.15) is 41.8 Å². The number of aliphatic carboxylic acids is 1. The molecule has 2 rings (SSSR count). The number of ether oxygens (including phenoxy) is 2. The average Bonchev–Trinajstić information content (AvgIpc) is 2.98. The summed E-state index contributed by atoms with van der Waals surface area (Å²) in [7, 11) is 3.06. The highest BCUT2D eigenvalue weighted by Gasteiger charge is 2.24. The summed E-state index contributed by atoms with van der Waals surface area (Å²) >= 11 is 0. The lowest BCUT2D eigenvalue weighted by atomic mass is 9.95. The van der Waals surface area contributed by atoms with Crippen LogP contribution in [0.3, 0.4) is 0 Å². The Morgan fingerprint density at radius 1 is 1.18 bits per heavy atom. The van der Waals surface area contributed by atoms with Gasteiger partial charge in [-0.1, -0.05) is 12.1 Å². The van der Waals surface area contributed by atoms with Crippen molar-refractivity contribution in [2.24, 2.45) is 0 Å². The number of hydrogen-bond donors (Lipinski definition) is 1. The molecule has 1 heterocycles. The molecule has 0 aliphatic carbocycles. The van der Waals surface area contributed by atoms with Gasteiger partial charge in [0.25, 0.3) is 0 Å². The number of hydrogen-bond acceptors (Lipinski definition) is 6. The van der Waals surface area contributed by atoms with Gasteiger partial charge in [-0.3, -0.25) is 9.59 Å². The van der Waals surface area contributed by atoms with E-state index < -0.39 is 12.5 Å². The Hall–Kier alpha value is -3.03. The molecule has 1 aromatic carbocycles. The second kappa shape index (κ2) is 9.25. The molecule has 28 heavy (non-hydrogen) atoms. The molecule has 8 nitrogen and oxygen atoms in total. The Bertz CT molecular complexity index is 803. The van der Waals surface area contributed by atoms with E-state index in [4.69, 9.17) is 14.0 Å². The molecule has 0 bridgehead atoms. The van der Waals surface area contributed by atoms with Crippen LogP contribution in [-0.2, 0) is 16.1 Å². The van der Waals surface area contributed by atoms with Crippen LogP contribution in [0.2, 0.25) is 0 Å². The first kappa shape index (κ1) is 21.3. The van der Waals surface area contributed by atoms with Crippen LogP contribution < -0.4 is 9.47 Å². The van der Waals surface area contributed by atoms with E-state index in [1.54, 1.807) is 25.1 Å². The van der Waals surface area contributed by atoms with Gasteiger partial charge < -0.3 is 24.0 Å². The highest BCUT2D eigenvalue weighted by molar-refractivity contribution is 5.82. The van der Waals surface area contributed by atoms with Crippen molar-refractivity contribution < 1.29 is 28.7 Å². The van der Waals surface area contributed by atoms with Crippen molar-refractivity contribution in [1.29, 1.82) is 0 Å². The summed E-state index contributed by atoms with van der Waals surface area (Å²) in [4.78, 5) is 25.5. The van der Waals surface area contributed by atoms with E-state index >= 15 is 0 Å². The number of carbonyl (C=O) groups excluding carboxylic acids is 1. The minimum absolute atomic E-state index is 0.132. The largest absolute Gasteiger partial charge is 0.497 e. The third-order valence-electron chi connectivity index (χ3n) is 4.53. The van der Waals surface area contributed by atoms with Gasteiger partial charge in [0.05, 0.1) is 19.9 Å². The highest BCUT2D eigenvalue weighted by atomic mass is 16.5. The first-order valence-corrected chi connectivity index (χ1v) is 8.89. The van der Waals surface area contributed by atoms with Crippen LogP contribution >= 0.6 is 0 Å². The minimum Gasteiger partial charge on any atom is -0.497 e. The number of benzene rings is 1. The van der Waals surface area contributed by atoms with E-state index in [1.165, 1.54) is 19.1 Å². The van der Waals surface area contributed by atoms with Crippen molar-refractivity contribution in [2.75, 3.05) is 20.8 Å². The fourth-order valence-electron chi connectivity index (χ4n) is 3.26. The first-order valence-electron chi connectivity index (χ1n) is 8.89. The molecular formula is C20H26N2O6. The molecule has 1 amide bonds. The molecule has 8 heteroatoms. The molecule has 1 unspecified atom stereocenters. The van der Waals surface area contributed by atoms with Crippen molar-refractivity contribution in [1.82, 2.24) is 10.1 Å². The molecule has 0 fully saturated rings. The Kier molecular flexibility index (Phi) is 7.03. The summed E-state index contributed by atoms with van der Waals surface area (Å²) in [5.74, 6) is 0.322. The molecule has 2 aromatic rings. The van der Waals surface area contributed by atoms with Gasteiger partial charge in [0, 0.05) is 24.6 Å². The maximum absolute atomic E-state index is 12.9.